The molecule has 1 aromatic carbocycles. The second-order valence-electron chi connectivity index (χ2n) is 9.27. The number of alkyl halides is 3. The Labute approximate surface area is 196 Å². The van der Waals surface area contributed by atoms with Gasteiger partial charge in [-0.1, -0.05) is 6.07 Å². The van der Waals surface area contributed by atoms with Crippen molar-refractivity contribution in [1.82, 2.24) is 14.5 Å². The van der Waals surface area contributed by atoms with E-state index in [2.05, 4.69) is 14.9 Å². The SMILES string of the molecule is O=c1nc(OCCc2ccc(Oc3ccnc(C(F)(F)F)c3)c(F)c2)cc2n1CC13CC(CN21)C3. The summed E-state index contributed by atoms with van der Waals surface area (Å²) in [4.78, 5) is 22.1. The lowest BCUT2D eigenvalue weighted by Crippen LogP contribution is -2.44. The molecule has 7 rings (SSSR count). The summed E-state index contributed by atoms with van der Waals surface area (Å²) in [5.74, 6) is 0.677. The third-order valence-electron chi connectivity index (χ3n) is 6.93. The molecular formula is C24H20F4N4O3. The maximum absolute atomic E-state index is 14.5. The fourth-order valence-electron chi connectivity index (χ4n) is 5.39. The Bertz CT molecular complexity index is 1370. The number of halogens is 4. The number of fused-ring (bicyclic) bond motifs is 1. The summed E-state index contributed by atoms with van der Waals surface area (Å²) in [5, 5.41) is 0. The lowest BCUT2D eigenvalue weighted by Gasteiger charge is -2.37. The van der Waals surface area contributed by atoms with Crippen LogP contribution in [-0.2, 0) is 19.1 Å². The van der Waals surface area contributed by atoms with E-state index < -0.39 is 17.7 Å². The van der Waals surface area contributed by atoms with E-state index in [9.17, 15) is 22.4 Å². The lowest BCUT2D eigenvalue weighted by molar-refractivity contribution is -0.141. The van der Waals surface area contributed by atoms with E-state index in [1.807, 2.05) is 0 Å². The number of aromatic nitrogens is 3. The number of nitrogens with zero attached hydrogens (tertiary/aromatic N) is 4. The predicted octanol–water partition coefficient (Wildman–Crippen LogP) is 4.19. The van der Waals surface area contributed by atoms with Gasteiger partial charge in [-0.3, -0.25) is 9.55 Å². The van der Waals surface area contributed by atoms with Crippen LogP contribution in [0, 0.1) is 11.7 Å². The van der Waals surface area contributed by atoms with Crippen molar-refractivity contribution in [2.45, 2.75) is 37.5 Å². The molecule has 0 radical (unpaired) electrons. The van der Waals surface area contributed by atoms with Gasteiger partial charge >= 0.3 is 11.9 Å². The summed E-state index contributed by atoms with van der Waals surface area (Å²) >= 11 is 0. The molecule has 3 aromatic rings. The number of hydrogen-bond donors (Lipinski definition) is 0. The summed E-state index contributed by atoms with van der Waals surface area (Å²) in [6, 6.07) is 7.89. The average molecular weight is 488 g/mol. The van der Waals surface area contributed by atoms with Crippen molar-refractivity contribution < 1.29 is 27.0 Å². The Hall–Kier alpha value is -3.63. The van der Waals surface area contributed by atoms with Gasteiger partial charge in [0.25, 0.3) is 0 Å². The summed E-state index contributed by atoms with van der Waals surface area (Å²) in [6.07, 6.45) is -1.12. The van der Waals surface area contributed by atoms with Crippen LogP contribution in [0.1, 0.15) is 24.1 Å². The average Bonchev–Trinajstić information content (AvgIpc) is 3.42. The first kappa shape index (κ1) is 21.9. The van der Waals surface area contributed by atoms with Crippen LogP contribution in [0.4, 0.5) is 23.4 Å². The molecule has 2 bridgehead atoms. The van der Waals surface area contributed by atoms with E-state index in [-0.39, 0.29) is 35.2 Å². The fourth-order valence-corrected chi connectivity index (χ4v) is 5.39. The van der Waals surface area contributed by atoms with Gasteiger partial charge in [-0.05, 0) is 42.5 Å². The first-order valence-electron chi connectivity index (χ1n) is 11.2. The molecule has 5 heterocycles. The zero-order valence-corrected chi connectivity index (χ0v) is 18.4. The van der Waals surface area contributed by atoms with Crippen molar-refractivity contribution >= 4 is 5.82 Å². The van der Waals surface area contributed by atoms with Gasteiger partial charge in [0.15, 0.2) is 11.6 Å². The number of pyridine rings is 1. The van der Waals surface area contributed by atoms with Crippen LogP contribution in [0.3, 0.4) is 0 Å². The third-order valence-corrected chi connectivity index (χ3v) is 6.93. The van der Waals surface area contributed by atoms with Crippen LogP contribution in [0.25, 0.3) is 0 Å². The van der Waals surface area contributed by atoms with Crippen LogP contribution in [0.2, 0.25) is 0 Å². The molecule has 0 amide bonds. The van der Waals surface area contributed by atoms with Crippen LogP contribution < -0.4 is 20.1 Å². The van der Waals surface area contributed by atoms with Crippen molar-refractivity contribution in [3.05, 3.63) is 70.2 Å². The van der Waals surface area contributed by atoms with Gasteiger partial charge in [-0.25, -0.2) is 9.18 Å². The van der Waals surface area contributed by atoms with Gasteiger partial charge < -0.3 is 14.4 Å². The predicted molar refractivity (Wildman–Crippen MR) is 116 cm³/mol. The zero-order valence-electron chi connectivity index (χ0n) is 18.4. The normalized spacial score (nSPS) is 21.9. The Kier molecular flexibility index (Phi) is 4.81. The van der Waals surface area contributed by atoms with E-state index in [0.29, 0.717) is 30.5 Å². The number of anilines is 1. The maximum Gasteiger partial charge on any atom is 0.433 e. The van der Waals surface area contributed by atoms with Crippen molar-refractivity contribution in [2.75, 3.05) is 18.1 Å². The molecule has 11 heteroatoms. The molecule has 0 N–H and O–H groups in total. The highest BCUT2D eigenvalue weighted by Gasteiger charge is 2.60. The van der Waals surface area contributed by atoms with E-state index in [4.69, 9.17) is 9.47 Å². The highest BCUT2D eigenvalue weighted by atomic mass is 19.4. The van der Waals surface area contributed by atoms with Crippen LogP contribution >= 0.6 is 0 Å². The molecule has 1 saturated carbocycles. The molecule has 2 saturated heterocycles. The van der Waals surface area contributed by atoms with Crippen LogP contribution in [0.15, 0.2) is 47.4 Å². The molecule has 2 aromatic heterocycles. The Morgan fingerprint density at radius 1 is 1.14 bits per heavy atom. The topological polar surface area (TPSA) is 69.5 Å². The number of hydrogen-bond acceptors (Lipinski definition) is 6. The van der Waals surface area contributed by atoms with Crippen LogP contribution in [0.5, 0.6) is 17.4 Å². The van der Waals surface area contributed by atoms with Gasteiger partial charge in [0.05, 0.1) is 18.7 Å². The summed E-state index contributed by atoms with van der Waals surface area (Å²) in [7, 11) is 0. The highest BCUT2D eigenvalue weighted by molar-refractivity contribution is 5.54. The summed E-state index contributed by atoms with van der Waals surface area (Å²) < 4.78 is 65.7. The molecule has 0 unspecified atom stereocenters. The van der Waals surface area contributed by atoms with Crippen molar-refractivity contribution in [2.24, 2.45) is 5.92 Å². The molecule has 1 spiro atoms. The quantitative estimate of drug-likeness (QED) is 0.485. The first-order chi connectivity index (χ1) is 16.7. The molecule has 0 atom stereocenters. The molecule has 4 aliphatic rings. The summed E-state index contributed by atoms with van der Waals surface area (Å²) in [6.45, 7) is 1.80. The second kappa shape index (κ2) is 7.69. The van der Waals surface area contributed by atoms with Crippen molar-refractivity contribution in [3.63, 3.8) is 0 Å². The third kappa shape index (κ3) is 3.78. The first-order valence-corrected chi connectivity index (χ1v) is 11.2. The Morgan fingerprint density at radius 2 is 1.97 bits per heavy atom. The van der Waals surface area contributed by atoms with Gasteiger partial charge in [0.1, 0.15) is 17.3 Å². The standard InChI is InChI=1S/C24H20F4N4O3/c25-17-7-14(1-2-18(17)35-16-3-5-29-19(8-16)24(26,27)28)4-6-34-20-9-21-31(22(33)30-20)13-23-10-15(11-23)12-32(21)23/h1-3,5,7-9,15H,4,6,10-13H2. The smallest absolute Gasteiger partial charge is 0.433 e. The van der Waals surface area contributed by atoms with Gasteiger partial charge in [-0.2, -0.15) is 18.2 Å². The van der Waals surface area contributed by atoms with E-state index in [1.54, 1.807) is 16.7 Å². The lowest BCUT2D eigenvalue weighted by atomic mass is 9.74. The Balaban J connectivity index is 1.10. The molecule has 3 fully saturated rings. The van der Waals surface area contributed by atoms with Crippen molar-refractivity contribution in [1.29, 1.82) is 0 Å². The van der Waals surface area contributed by atoms with Crippen molar-refractivity contribution in [3.8, 4) is 17.4 Å². The minimum Gasteiger partial charge on any atom is -0.477 e. The van der Waals surface area contributed by atoms with Gasteiger partial charge in [0, 0.05) is 31.3 Å². The van der Waals surface area contributed by atoms with E-state index >= 15 is 0 Å². The molecule has 182 valence electrons. The number of rotatable bonds is 6. The highest BCUT2D eigenvalue weighted by Crippen LogP contribution is 2.56. The number of ether oxygens (including phenoxy) is 2. The molecular weight excluding hydrogens is 468 g/mol. The minimum atomic E-state index is -4.63. The second-order valence-corrected chi connectivity index (χ2v) is 9.27. The van der Waals surface area contributed by atoms with E-state index in [1.165, 1.54) is 18.2 Å². The Morgan fingerprint density at radius 3 is 2.74 bits per heavy atom. The molecule has 1 aliphatic carbocycles. The maximum atomic E-state index is 14.5. The minimum absolute atomic E-state index is 0.0725. The fraction of sp³-hybridized carbons (Fsp3) is 0.375. The van der Waals surface area contributed by atoms with Gasteiger partial charge in [0.2, 0.25) is 5.88 Å². The van der Waals surface area contributed by atoms with Crippen LogP contribution in [-0.4, -0.2) is 33.2 Å². The molecule has 3 aliphatic heterocycles. The van der Waals surface area contributed by atoms with Gasteiger partial charge in [-0.15, -0.1) is 0 Å². The molecule has 7 nitrogen and oxygen atoms in total. The number of benzene rings is 1. The zero-order chi connectivity index (χ0) is 24.4. The monoisotopic (exact) mass is 488 g/mol. The summed E-state index contributed by atoms with van der Waals surface area (Å²) in [5.41, 5.74) is -0.788. The molecule has 35 heavy (non-hydrogen) atoms. The largest absolute Gasteiger partial charge is 0.477 e. The van der Waals surface area contributed by atoms with E-state index in [0.717, 1.165) is 31.4 Å².